The average Bonchev–Trinajstić information content (AvgIpc) is 3.02. The monoisotopic (exact) mass is 311 g/mol. The first-order valence-electron chi connectivity index (χ1n) is 8.29. The van der Waals surface area contributed by atoms with Gasteiger partial charge in [0.1, 0.15) is 11.6 Å². The molecular weight excluding hydrogens is 290 g/mol. The van der Waals surface area contributed by atoms with Crippen molar-refractivity contribution >= 4 is 11.9 Å². The van der Waals surface area contributed by atoms with Crippen LogP contribution in [0.2, 0.25) is 0 Å². The molecule has 0 bridgehead atoms. The highest BCUT2D eigenvalue weighted by Crippen LogP contribution is 2.30. The third-order valence-electron chi connectivity index (χ3n) is 4.55. The number of nitrogens with zero attached hydrogens (tertiary/aromatic N) is 3. The molecule has 5 nitrogen and oxygen atoms in total. The van der Waals surface area contributed by atoms with Crippen molar-refractivity contribution in [1.82, 2.24) is 9.97 Å². The van der Waals surface area contributed by atoms with Crippen molar-refractivity contribution in [3.05, 3.63) is 35.5 Å². The van der Waals surface area contributed by atoms with Crippen LogP contribution in [-0.4, -0.2) is 30.2 Å². The lowest BCUT2D eigenvalue weighted by atomic mass is 10.2. The first kappa shape index (κ1) is 14.3. The summed E-state index contributed by atoms with van der Waals surface area (Å²) in [5.41, 5.74) is 1.86. The number of methoxy groups -OCH3 is 1. The van der Waals surface area contributed by atoms with Crippen LogP contribution in [0.3, 0.4) is 0 Å². The molecule has 2 aromatic heterocycles. The molecule has 2 aromatic rings. The summed E-state index contributed by atoms with van der Waals surface area (Å²) >= 11 is 0. The molecule has 1 saturated heterocycles. The normalized spacial score (nSPS) is 17.6. The van der Waals surface area contributed by atoms with Gasteiger partial charge in [-0.25, -0.2) is 9.97 Å². The topological polar surface area (TPSA) is 51.4 Å². The molecule has 0 atom stereocenters. The second kappa shape index (κ2) is 6.07. The molecule has 1 aliphatic heterocycles. The fourth-order valence-electron chi connectivity index (χ4n) is 3.22. The van der Waals surface area contributed by atoms with Crippen molar-refractivity contribution in [2.45, 2.75) is 32.1 Å². The van der Waals surface area contributed by atoms with E-state index >= 15 is 0 Å². The van der Waals surface area contributed by atoms with Gasteiger partial charge in [-0.3, -0.25) is 0 Å². The van der Waals surface area contributed by atoms with Crippen molar-refractivity contribution < 1.29 is 9.15 Å². The number of hydrogen-bond donors (Lipinski definition) is 0. The van der Waals surface area contributed by atoms with E-state index in [0.29, 0.717) is 12.3 Å². The van der Waals surface area contributed by atoms with E-state index in [2.05, 4.69) is 27.0 Å². The van der Waals surface area contributed by atoms with Gasteiger partial charge >= 0.3 is 0 Å². The predicted octanol–water partition coefficient (Wildman–Crippen LogP) is 3.66. The molecule has 1 aliphatic carbocycles. The third kappa shape index (κ3) is 2.83. The number of oxazole rings is 1. The van der Waals surface area contributed by atoms with Crippen LogP contribution in [-0.2, 0) is 11.2 Å². The molecule has 0 spiro atoms. The lowest BCUT2D eigenvalue weighted by Gasteiger charge is -2.21. The van der Waals surface area contributed by atoms with Crippen LogP contribution < -0.4 is 4.90 Å². The molecule has 0 unspecified atom stereocenters. The van der Waals surface area contributed by atoms with Crippen LogP contribution >= 0.6 is 0 Å². The van der Waals surface area contributed by atoms with E-state index in [1.54, 1.807) is 7.11 Å². The van der Waals surface area contributed by atoms with Gasteiger partial charge in [-0.2, -0.15) is 0 Å². The molecule has 120 valence electrons. The van der Waals surface area contributed by atoms with E-state index in [1.807, 2.05) is 12.3 Å². The molecule has 23 heavy (non-hydrogen) atoms. The Hall–Kier alpha value is -2.30. The van der Waals surface area contributed by atoms with Crippen LogP contribution in [0.1, 0.15) is 37.1 Å². The van der Waals surface area contributed by atoms with Gasteiger partial charge in [0.25, 0.3) is 0 Å². The molecular formula is C18H21N3O2. The molecule has 0 aromatic carbocycles. The lowest BCUT2D eigenvalue weighted by molar-refractivity contribution is 0.289. The minimum atomic E-state index is 0.635. The fourth-order valence-corrected chi connectivity index (χ4v) is 3.22. The van der Waals surface area contributed by atoms with Crippen LogP contribution in [0.15, 0.2) is 28.5 Å². The summed E-state index contributed by atoms with van der Waals surface area (Å²) < 4.78 is 11.1. The zero-order valence-electron chi connectivity index (χ0n) is 13.4. The maximum Gasteiger partial charge on any atom is 0.228 e. The van der Waals surface area contributed by atoms with Crippen molar-refractivity contribution in [2.24, 2.45) is 0 Å². The number of anilines is 1. The number of rotatable bonds is 3. The molecule has 4 rings (SSSR count). The van der Waals surface area contributed by atoms with Gasteiger partial charge < -0.3 is 14.1 Å². The number of fused-ring (bicyclic) bond motifs is 1. The van der Waals surface area contributed by atoms with Crippen LogP contribution in [0, 0.1) is 0 Å². The van der Waals surface area contributed by atoms with E-state index < -0.39 is 0 Å². The van der Waals surface area contributed by atoms with Gasteiger partial charge in [-0.1, -0.05) is 12.8 Å². The Morgan fingerprint density at radius 1 is 1.13 bits per heavy atom. The first-order chi connectivity index (χ1) is 11.3. The molecule has 1 fully saturated rings. The standard InChI is InChI=1S/C18H21N3O2/c1-22-14-10-15-16(11-14)23-18(20-15)13-6-7-17(19-12-13)21-8-4-2-3-5-9-21/h6-7,11-12H,2-5,8-10H2,1H3. The molecule has 0 radical (unpaired) electrons. The van der Waals surface area contributed by atoms with Crippen molar-refractivity contribution in [2.75, 3.05) is 25.1 Å². The Labute approximate surface area is 136 Å². The summed E-state index contributed by atoms with van der Waals surface area (Å²) in [5, 5.41) is 0. The van der Waals surface area contributed by atoms with Gasteiger partial charge in [0.15, 0.2) is 5.76 Å². The van der Waals surface area contributed by atoms with Crippen LogP contribution in [0.25, 0.3) is 17.5 Å². The summed E-state index contributed by atoms with van der Waals surface area (Å²) in [6.45, 7) is 2.20. The van der Waals surface area contributed by atoms with E-state index in [0.717, 1.165) is 41.7 Å². The largest absolute Gasteiger partial charge is 0.501 e. The smallest absolute Gasteiger partial charge is 0.228 e. The average molecular weight is 311 g/mol. The minimum Gasteiger partial charge on any atom is -0.501 e. The lowest BCUT2D eigenvalue weighted by Crippen LogP contribution is -2.24. The fraction of sp³-hybridized carbons (Fsp3) is 0.444. The van der Waals surface area contributed by atoms with Crippen molar-refractivity contribution in [3.63, 3.8) is 0 Å². The summed E-state index contributed by atoms with van der Waals surface area (Å²) in [5.74, 6) is 3.38. The predicted molar refractivity (Wildman–Crippen MR) is 89.1 cm³/mol. The third-order valence-corrected chi connectivity index (χ3v) is 4.55. The summed E-state index contributed by atoms with van der Waals surface area (Å²) in [7, 11) is 1.67. The summed E-state index contributed by atoms with van der Waals surface area (Å²) in [6.07, 6.45) is 9.64. The Morgan fingerprint density at radius 2 is 1.96 bits per heavy atom. The highest BCUT2D eigenvalue weighted by molar-refractivity contribution is 5.61. The number of ether oxygens (including phenoxy) is 1. The van der Waals surface area contributed by atoms with Gasteiger partial charge in [0.05, 0.1) is 24.8 Å². The van der Waals surface area contributed by atoms with Gasteiger partial charge in [-0.05, 0) is 25.0 Å². The summed E-state index contributed by atoms with van der Waals surface area (Å²) in [6, 6.07) is 4.13. The first-order valence-corrected chi connectivity index (χ1v) is 8.29. The van der Waals surface area contributed by atoms with Crippen molar-refractivity contribution in [3.8, 4) is 11.5 Å². The maximum absolute atomic E-state index is 5.83. The molecule has 0 saturated carbocycles. The quantitative estimate of drug-likeness (QED) is 0.866. The molecule has 2 aliphatic rings. The van der Waals surface area contributed by atoms with Crippen LogP contribution in [0.4, 0.5) is 5.82 Å². The Bertz CT molecular complexity index is 710. The van der Waals surface area contributed by atoms with Gasteiger partial charge in [0, 0.05) is 25.4 Å². The summed E-state index contributed by atoms with van der Waals surface area (Å²) in [4.78, 5) is 11.6. The highest BCUT2D eigenvalue weighted by atomic mass is 16.5. The Kier molecular flexibility index (Phi) is 3.77. The molecule has 3 heterocycles. The Morgan fingerprint density at radius 3 is 2.61 bits per heavy atom. The minimum absolute atomic E-state index is 0.635. The Balaban J connectivity index is 1.53. The van der Waals surface area contributed by atoms with Crippen LogP contribution in [0.5, 0.6) is 0 Å². The number of pyridine rings is 1. The van der Waals surface area contributed by atoms with E-state index in [4.69, 9.17) is 9.15 Å². The van der Waals surface area contributed by atoms with Gasteiger partial charge in [0.2, 0.25) is 5.89 Å². The van der Waals surface area contributed by atoms with Gasteiger partial charge in [-0.15, -0.1) is 0 Å². The zero-order valence-corrected chi connectivity index (χ0v) is 13.4. The highest BCUT2D eigenvalue weighted by Gasteiger charge is 2.21. The second-order valence-electron chi connectivity index (χ2n) is 6.13. The second-order valence-corrected chi connectivity index (χ2v) is 6.13. The SMILES string of the molecule is COC1=Cc2oc(-c3ccc(N4CCCCCC4)nc3)nc2C1. The number of hydrogen-bond acceptors (Lipinski definition) is 5. The maximum atomic E-state index is 5.83. The van der Waals surface area contributed by atoms with E-state index in [1.165, 1.54) is 25.7 Å². The molecule has 0 N–H and O–H groups in total. The molecule has 0 amide bonds. The van der Waals surface area contributed by atoms with Crippen molar-refractivity contribution in [1.29, 1.82) is 0 Å². The van der Waals surface area contributed by atoms with E-state index in [9.17, 15) is 0 Å². The molecule has 5 heteroatoms. The number of aromatic nitrogens is 2. The number of allylic oxidation sites excluding steroid dienone is 1. The zero-order chi connectivity index (χ0) is 15.6. The van der Waals surface area contributed by atoms with E-state index in [-0.39, 0.29) is 0 Å².